The lowest BCUT2D eigenvalue weighted by Gasteiger charge is -2.37. The summed E-state index contributed by atoms with van der Waals surface area (Å²) in [5, 5.41) is 3.93. The Hall–Kier alpha value is -2.15. The SMILES string of the molecule is CCCCC1C2C(S(=O)(=O)c3ccccc3)=NOC2C=CN1C(C)=O. The van der Waals surface area contributed by atoms with Crippen LogP contribution in [0.5, 0.6) is 0 Å². The summed E-state index contributed by atoms with van der Waals surface area (Å²) in [6.45, 7) is 3.55. The van der Waals surface area contributed by atoms with Crippen molar-refractivity contribution in [2.45, 2.75) is 50.2 Å². The Kier molecular flexibility index (Phi) is 4.94. The van der Waals surface area contributed by atoms with Crippen molar-refractivity contribution in [1.29, 1.82) is 0 Å². The summed E-state index contributed by atoms with van der Waals surface area (Å²) < 4.78 is 26.1. The normalized spacial score (nSPS) is 25.3. The Morgan fingerprint density at radius 1 is 1.28 bits per heavy atom. The zero-order valence-electron chi connectivity index (χ0n) is 14.3. The molecule has 0 aliphatic carbocycles. The first-order valence-electron chi connectivity index (χ1n) is 8.48. The number of amides is 1. The molecular formula is C18H22N2O4S. The van der Waals surface area contributed by atoms with Crippen LogP contribution in [-0.4, -0.2) is 36.4 Å². The highest BCUT2D eigenvalue weighted by Crippen LogP contribution is 2.36. The summed E-state index contributed by atoms with van der Waals surface area (Å²) in [5.41, 5.74) is 0. The highest BCUT2D eigenvalue weighted by Gasteiger charge is 2.49. The van der Waals surface area contributed by atoms with Crippen LogP contribution in [0.1, 0.15) is 33.1 Å². The minimum atomic E-state index is -3.76. The van der Waals surface area contributed by atoms with E-state index >= 15 is 0 Å². The summed E-state index contributed by atoms with van der Waals surface area (Å²) in [4.78, 5) is 19.2. The Morgan fingerprint density at radius 3 is 2.64 bits per heavy atom. The smallest absolute Gasteiger partial charge is 0.223 e. The van der Waals surface area contributed by atoms with Gasteiger partial charge in [-0.25, -0.2) is 8.42 Å². The number of benzene rings is 1. The van der Waals surface area contributed by atoms with Crippen molar-refractivity contribution in [1.82, 2.24) is 4.90 Å². The van der Waals surface area contributed by atoms with Crippen LogP contribution < -0.4 is 0 Å². The fourth-order valence-electron chi connectivity index (χ4n) is 3.40. The van der Waals surface area contributed by atoms with Crippen LogP contribution in [0.25, 0.3) is 0 Å². The molecule has 1 aromatic rings. The third-order valence-corrected chi connectivity index (χ3v) is 6.45. The molecule has 0 radical (unpaired) electrons. The van der Waals surface area contributed by atoms with E-state index in [-0.39, 0.29) is 21.9 Å². The molecule has 0 saturated heterocycles. The number of hydrogen-bond donors (Lipinski definition) is 0. The molecule has 0 fully saturated rings. The van der Waals surface area contributed by atoms with Crippen LogP contribution in [0, 0.1) is 5.92 Å². The second kappa shape index (κ2) is 7.00. The minimum Gasteiger partial charge on any atom is -0.387 e. The van der Waals surface area contributed by atoms with Gasteiger partial charge in [0.15, 0.2) is 11.1 Å². The van der Waals surface area contributed by atoms with Crippen molar-refractivity contribution in [3.05, 3.63) is 42.6 Å². The second-order valence-corrected chi connectivity index (χ2v) is 8.22. The fraction of sp³-hybridized carbons (Fsp3) is 0.444. The molecule has 7 heteroatoms. The zero-order valence-corrected chi connectivity index (χ0v) is 15.1. The van der Waals surface area contributed by atoms with E-state index in [1.54, 1.807) is 47.5 Å². The van der Waals surface area contributed by atoms with E-state index in [9.17, 15) is 13.2 Å². The van der Waals surface area contributed by atoms with E-state index in [0.717, 1.165) is 12.8 Å². The standard InChI is InChI=1S/C18H22N2O4S/c1-3-4-10-15-17-16(11-12-20(15)13(2)21)24-19-18(17)25(22,23)14-8-6-5-7-9-14/h5-9,11-12,15-17H,3-4,10H2,1-2H3. The van der Waals surface area contributed by atoms with E-state index in [2.05, 4.69) is 12.1 Å². The molecule has 0 saturated carbocycles. The van der Waals surface area contributed by atoms with Crippen LogP contribution in [0.15, 0.2) is 52.7 Å². The van der Waals surface area contributed by atoms with Gasteiger partial charge in [0.25, 0.3) is 0 Å². The van der Waals surface area contributed by atoms with Gasteiger partial charge in [-0.15, -0.1) is 0 Å². The molecule has 2 aliphatic heterocycles. The van der Waals surface area contributed by atoms with Gasteiger partial charge in [-0.3, -0.25) is 4.79 Å². The van der Waals surface area contributed by atoms with Crippen LogP contribution in [0.4, 0.5) is 0 Å². The highest BCUT2D eigenvalue weighted by molar-refractivity contribution is 8.06. The molecule has 2 heterocycles. The molecule has 0 bridgehead atoms. The molecule has 0 spiro atoms. The fourth-order valence-corrected chi connectivity index (χ4v) is 4.95. The second-order valence-electron chi connectivity index (χ2n) is 6.32. The number of carbonyl (C=O) groups is 1. The topological polar surface area (TPSA) is 76.0 Å². The van der Waals surface area contributed by atoms with E-state index in [0.29, 0.717) is 6.42 Å². The van der Waals surface area contributed by atoms with Gasteiger partial charge in [-0.05, 0) is 24.6 Å². The van der Waals surface area contributed by atoms with Crippen molar-refractivity contribution >= 4 is 20.8 Å². The molecule has 3 unspecified atom stereocenters. The van der Waals surface area contributed by atoms with Crippen LogP contribution >= 0.6 is 0 Å². The molecule has 3 atom stereocenters. The quantitative estimate of drug-likeness (QED) is 0.825. The predicted octanol–water partition coefficient (Wildman–Crippen LogP) is 2.72. The molecule has 1 aromatic carbocycles. The Labute approximate surface area is 148 Å². The van der Waals surface area contributed by atoms with Crippen molar-refractivity contribution in [3.63, 3.8) is 0 Å². The van der Waals surface area contributed by atoms with Gasteiger partial charge in [-0.2, -0.15) is 0 Å². The first kappa shape index (κ1) is 17.7. The number of nitrogens with zero attached hydrogens (tertiary/aromatic N) is 2. The number of unbranched alkanes of at least 4 members (excludes halogenated alkanes) is 1. The lowest BCUT2D eigenvalue weighted by atomic mass is 9.87. The molecule has 0 N–H and O–H groups in total. The van der Waals surface area contributed by atoms with Crippen molar-refractivity contribution in [2.24, 2.45) is 11.1 Å². The van der Waals surface area contributed by atoms with Gasteiger partial charge in [-0.1, -0.05) is 43.1 Å². The average molecular weight is 362 g/mol. The largest absolute Gasteiger partial charge is 0.387 e. The summed E-state index contributed by atoms with van der Waals surface area (Å²) >= 11 is 0. The van der Waals surface area contributed by atoms with Crippen molar-refractivity contribution < 1.29 is 18.0 Å². The van der Waals surface area contributed by atoms with Crippen LogP contribution in [-0.2, 0) is 19.5 Å². The molecule has 1 amide bonds. The van der Waals surface area contributed by atoms with Crippen molar-refractivity contribution in [2.75, 3.05) is 0 Å². The van der Waals surface area contributed by atoms with Gasteiger partial charge in [0.1, 0.15) is 0 Å². The summed E-state index contributed by atoms with van der Waals surface area (Å²) in [6.07, 6.45) is 5.51. The van der Waals surface area contributed by atoms with Crippen LogP contribution in [0.2, 0.25) is 0 Å². The molecule has 3 rings (SSSR count). The van der Waals surface area contributed by atoms with Gasteiger partial charge >= 0.3 is 0 Å². The molecule has 134 valence electrons. The summed E-state index contributed by atoms with van der Waals surface area (Å²) in [6, 6.07) is 7.95. The third-order valence-electron chi connectivity index (χ3n) is 4.66. The lowest BCUT2D eigenvalue weighted by Crippen LogP contribution is -2.50. The van der Waals surface area contributed by atoms with Crippen LogP contribution in [0.3, 0.4) is 0 Å². The predicted molar refractivity (Wildman–Crippen MR) is 94.4 cm³/mol. The highest BCUT2D eigenvalue weighted by atomic mass is 32.2. The van der Waals surface area contributed by atoms with Gasteiger partial charge in [0.05, 0.1) is 10.8 Å². The Morgan fingerprint density at radius 2 is 2.00 bits per heavy atom. The maximum absolute atomic E-state index is 13.0. The van der Waals surface area contributed by atoms with Gasteiger partial charge in [0.2, 0.25) is 15.7 Å². The first-order chi connectivity index (χ1) is 12.0. The summed E-state index contributed by atoms with van der Waals surface area (Å²) in [7, 11) is -3.76. The maximum atomic E-state index is 13.0. The van der Waals surface area contributed by atoms with E-state index in [1.165, 1.54) is 6.92 Å². The number of fused-ring (bicyclic) bond motifs is 1. The zero-order chi connectivity index (χ0) is 18.0. The van der Waals surface area contributed by atoms with Gasteiger partial charge in [0, 0.05) is 19.2 Å². The lowest BCUT2D eigenvalue weighted by molar-refractivity contribution is -0.129. The molecule has 25 heavy (non-hydrogen) atoms. The number of carbonyl (C=O) groups excluding carboxylic acids is 1. The molecular weight excluding hydrogens is 340 g/mol. The monoisotopic (exact) mass is 362 g/mol. The Balaban J connectivity index is 2.00. The molecule has 2 aliphatic rings. The minimum absolute atomic E-state index is 0.0143. The first-order valence-corrected chi connectivity index (χ1v) is 9.96. The number of hydrogen-bond acceptors (Lipinski definition) is 5. The summed E-state index contributed by atoms with van der Waals surface area (Å²) in [5.74, 6) is -0.593. The maximum Gasteiger partial charge on any atom is 0.223 e. The van der Waals surface area contributed by atoms with E-state index in [1.807, 2.05) is 0 Å². The Bertz CT molecular complexity index is 802. The van der Waals surface area contributed by atoms with E-state index < -0.39 is 21.9 Å². The molecule has 0 aromatic heterocycles. The van der Waals surface area contributed by atoms with E-state index in [4.69, 9.17) is 4.84 Å². The number of sulfone groups is 1. The van der Waals surface area contributed by atoms with Crippen molar-refractivity contribution in [3.8, 4) is 0 Å². The third kappa shape index (κ3) is 3.20. The van der Waals surface area contributed by atoms with Gasteiger partial charge < -0.3 is 9.74 Å². The number of oxime groups is 1. The molecule has 6 nitrogen and oxygen atoms in total. The average Bonchev–Trinajstić information content (AvgIpc) is 3.05. The number of rotatable bonds is 4.